The van der Waals surface area contributed by atoms with Crippen LogP contribution in [0.25, 0.3) is 0 Å². The normalized spacial score (nSPS) is 10.3. The lowest BCUT2D eigenvalue weighted by atomic mass is 10.2. The number of carbonyl (C=O) groups excluding carboxylic acids is 1. The molecule has 4 nitrogen and oxygen atoms in total. The van der Waals surface area contributed by atoms with Crippen LogP contribution in [-0.4, -0.2) is 17.3 Å². The Morgan fingerprint density at radius 1 is 1.55 bits per heavy atom. The van der Waals surface area contributed by atoms with Gasteiger partial charge >= 0.3 is 0 Å². The molecule has 0 radical (unpaired) electrons. The number of ketones is 1. The Morgan fingerprint density at radius 2 is 2.18 bits per heavy atom. The number of nitro groups is 1. The fraction of sp³-hybridized carbons (Fsp3) is 0.571. The van der Waals surface area contributed by atoms with Crippen LogP contribution < -0.4 is 0 Å². The lowest BCUT2D eigenvalue weighted by Crippen LogP contribution is -1.95. The fourth-order valence-corrected chi connectivity index (χ4v) is 0.565. The van der Waals surface area contributed by atoms with Gasteiger partial charge in [-0.1, -0.05) is 6.08 Å². The molecule has 0 saturated carbocycles. The summed E-state index contributed by atoms with van der Waals surface area (Å²) >= 11 is 0. The molecule has 0 heterocycles. The molecule has 0 aliphatic rings. The van der Waals surface area contributed by atoms with Crippen molar-refractivity contribution < 1.29 is 9.72 Å². The Kier molecular flexibility index (Phi) is 4.98. The minimum atomic E-state index is -0.412. The van der Waals surface area contributed by atoms with Gasteiger partial charge in [-0.05, 0) is 19.4 Å². The summed E-state index contributed by atoms with van der Waals surface area (Å²) in [6.45, 7) is 1.35. The van der Waals surface area contributed by atoms with Crippen molar-refractivity contribution in [2.75, 3.05) is 6.54 Å². The highest BCUT2D eigenvalue weighted by molar-refractivity contribution is 5.75. The average Bonchev–Trinajstić information content (AvgIpc) is 1.85. The van der Waals surface area contributed by atoms with Crippen molar-refractivity contribution in [3.05, 3.63) is 22.3 Å². The van der Waals surface area contributed by atoms with Gasteiger partial charge in [0.25, 0.3) is 0 Å². The zero-order chi connectivity index (χ0) is 8.69. The molecule has 0 aromatic heterocycles. The van der Waals surface area contributed by atoms with Gasteiger partial charge in [0, 0.05) is 11.3 Å². The second-order valence-corrected chi connectivity index (χ2v) is 2.23. The molecule has 0 bridgehead atoms. The first kappa shape index (κ1) is 9.81. The third-order valence-electron chi connectivity index (χ3n) is 1.08. The summed E-state index contributed by atoms with van der Waals surface area (Å²) in [5.74, 6) is 0.107. The topological polar surface area (TPSA) is 60.2 Å². The van der Waals surface area contributed by atoms with Crippen LogP contribution in [0.3, 0.4) is 0 Å². The lowest BCUT2D eigenvalue weighted by Gasteiger charge is -1.86. The monoisotopic (exact) mass is 157 g/mol. The summed E-state index contributed by atoms with van der Waals surface area (Å²) in [5.41, 5.74) is 0. The number of rotatable bonds is 5. The van der Waals surface area contributed by atoms with Crippen LogP contribution in [0, 0.1) is 10.1 Å². The van der Waals surface area contributed by atoms with Gasteiger partial charge in [-0.25, -0.2) is 0 Å². The first-order chi connectivity index (χ1) is 5.13. The number of carbonyl (C=O) groups is 1. The first-order valence-electron chi connectivity index (χ1n) is 3.39. The summed E-state index contributed by atoms with van der Waals surface area (Å²) in [6.07, 6.45) is 4.19. The van der Waals surface area contributed by atoms with Crippen molar-refractivity contribution in [3.63, 3.8) is 0 Å². The van der Waals surface area contributed by atoms with Crippen LogP contribution in [-0.2, 0) is 4.79 Å². The van der Waals surface area contributed by atoms with Gasteiger partial charge < -0.3 is 4.79 Å². The van der Waals surface area contributed by atoms with E-state index in [1.807, 2.05) is 0 Å². The minimum absolute atomic E-state index is 0.107. The number of allylic oxidation sites excluding steroid dienone is 1. The molecule has 0 atom stereocenters. The Bertz CT molecular complexity index is 175. The summed E-state index contributed by atoms with van der Waals surface area (Å²) < 4.78 is 0. The highest BCUT2D eigenvalue weighted by Crippen LogP contribution is 1.91. The molecule has 0 unspecified atom stereocenters. The third kappa shape index (κ3) is 8.81. The van der Waals surface area contributed by atoms with Crippen LogP contribution in [0.5, 0.6) is 0 Å². The van der Waals surface area contributed by atoms with Gasteiger partial charge in [0.2, 0.25) is 6.54 Å². The van der Waals surface area contributed by atoms with Gasteiger partial charge in [-0.2, -0.15) is 0 Å². The van der Waals surface area contributed by atoms with E-state index in [9.17, 15) is 14.9 Å². The van der Waals surface area contributed by atoms with Crippen molar-refractivity contribution in [1.82, 2.24) is 0 Å². The Hall–Kier alpha value is -1.19. The largest absolute Gasteiger partial charge is 0.300 e. The van der Waals surface area contributed by atoms with Crippen molar-refractivity contribution >= 4 is 5.78 Å². The van der Waals surface area contributed by atoms with Crippen molar-refractivity contribution in [2.24, 2.45) is 0 Å². The van der Waals surface area contributed by atoms with E-state index < -0.39 is 4.92 Å². The third-order valence-corrected chi connectivity index (χ3v) is 1.08. The highest BCUT2D eigenvalue weighted by Gasteiger charge is 1.90. The summed E-state index contributed by atoms with van der Waals surface area (Å²) in [7, 11) is 0. The van der Waals surface area contributed by atoms with Crippen molar-refractivity contribution in [2.45, 2.75) is 19.8 Å². The molecule has 0 aromatic carbocycles. The van der Waals surface area contributed by atoms with Crippen molar-refractivity contribution in [1.29, 1.82) is 0 Å². The molecule has 0 aliphatic heterocycles. The van der Waals surface area contributed by atoms with Gasteiger partial charge in [-0.3, -0.25) is 10.1 Å². The van der Waals surface area contributed by atoms with E-state index in [1.54, 1.807) is 6.08 Å². The van der Waals surface area contributed by atoms with Gasteiger partial charge in [0.05, 0.1) is 0 Å². The number of hydrogen-bond acceptors (Lipinski definition) is 3. The number of hydrogen-bond donors (Lipinski definition) is 0. The molecular weight excluding hydrogens is 146 g/mol. The standard InChI is InChI=1S/C7H11NO3/c1-7(9)5-3-2-4-6-8(10)11/h2,4H,3,5-6H2,1H3. The summed E-state index contributed by atoms with van der Waals surface area (Å²) in [5, 5.41) is 9.78. The Balaban J connectivity index is 3.30. The molecule has 0 aliphatic carbocycles. The molecule has 11 heavy (non-hydrogen) atoms. The molecule has 0 rings (SSSR count). The fourth-order valence-electron chi connectivity index (χ4n) is 0.565. The van der Waals surface area contributed by atoms with Crippen LogP contribution >= 0.6 is 0 Å². The maximum Gasteiger partial charge on any atom is 0.222 e. The summed E-state index contributed by atoms with van der Waals surface area (Å²) in [6, 6.07) is 0. The second kappa shape index (κ2) is 5.58. The zero-order valence-corrected chi connectivity index (χ0v) is 6.45. The minimum Gasteiger partial charge on any atom is -0.300 e. The van der Waals surface area contributed by atoms with E-state index in [1.165, 1.54) is 13.0 Å². The molecule has 0 spiro atoms. The molecule has 0 N–H and O–H groups in total. The smallest absolute Gasteiger partial charge is 0.222 e. The van der Waals surface area contributed by atoms with Crippen LogP contribution in [0.2, 0.25) is 0 Å². The van der Waals surface area contributed by atoms with E-state index in [4.69, 9.17) is 0 Å². The van der Waals surface area contributed by atoms with E-state index in [2.05, 4.69) is 0 Å². The average molecular weight is 157 g/mol. The zero-order valence-electron chi connectivity index (χ0n) is 6.45. The quantitative estimate of drug-likeness (QED) is 0.342. The van der Waals surface area contributed by atoms with Gasteiger partial charge in [0.1, 0.15) is 5.78 Å². The Labute approximate surface area is 65.1 Å². The van der Waals surface area contributed by atoms with E-state index in [-0.39, 0.29) is 12.3 Å². The van der Waals surface area contributed by atoms with E-state index >= 15 is 0 Å². The van der Waals surface area contributed by atoms with Gasteiger partial charge in [0.15, 0.2) is 0 Å². The van der Waals surface area contributed by atoms with Crippen molar-refractivity contribution in [3.8, 4) is 0 Å². The molecule has 0 aromatic rings. The molecule has 0 saturated heterocycles. The molecule has 4 heteroatoms. The predicted molar refractivity (Wildman–Crippen MR) is 40.9 cm³/mol. The molecular formula is C7H11NO3. The number of Topliss-reactive ketones (excluding diaryl/α,β-unsaturated/α-hetero) is 1. The van der Waals surface area contributed by atoms with Crippen LogP contribution in [0.4, 0.5) is 0 Å². The van der Waals surface area contributed by atoms with E-state index in [0.29, 0.717) is 12.8 Å². The maximum atomic E-state index is 10.4. The molecule has 62 valence electrons. The van der Waals surface area contributed by atoms with Gasteiger partial charge in [-0.15, -0.1) is 0 Å². The van der Waals surface area contributed by atoms with E-state index in [0.717, 1.165) is 0 Å². The molecule has 0 fully saturated rings. The molecule has 0 amide bonds. The second-order valence-electron chi connectivity index (χ2n) is 2.23. The summed E-state index contributed by atoms with van der Waals surface area (Å²) in [4.78, 5) is 19.7. The first-order valence-corrected chi connectivity index (χ1v) is 3.39. The lowest BCUT2D eigenvalue weighted by molar-refractivity contribution is -0.468. The number of nitrogens with zero attached hydrogens (tertiary/aromatic N) is 1. The predicted octanol–water partition coefficient (Wildman–Crippen LogP) is 1.19. The maximum absolute atomic E-state index is 10.4. The van der Waals surface area contributed by atoms with Crippen LogP contribution in [0.1, 0.15) is 19.8 Å². The Morgan fingerprint density at radius 3 is 2.64 bits per heavy atom. The highest BCUT2D eigenvalue weighted by atomic mass is 16.6. The van der Waals surface area contributed by atoms with Crippen LogP contribution in [0.15, 0.2) is 12.2 Å². The SMILES string of the molecule is CC(=O)CCC=CC[N+](=O)[O-].